The number of amides is 1. The molecule has 0 bridgehead atoms. The van der Waals surface area contributed by atoms with Crippen LogP contribution in [-0.2, 0) is 11.2 Å². The maximum Gasteiger partial charge on any atom is 0.222 e. The van der Waals surface area contributed by atoms with Gasteiger partial charge in [-0.1, -0.05) is 24.3 Å². The van der Waals surface area contributed by atoms with Crippen molar-refractivity contribution >= 4 is 22.6 Å². The number of hydrogen-bond donors (Lipinski definition) is 0. The van der Waals surface area contributed by atoms with Crippen molar-refractivity contribution in [1.29, 1.82) is 0 Å². The summed E-state index contributed by atoms with van der Waals surface area (Å²) in [5, 5.41) is 1.18. The summed E-state index contributed by atoms with van der Waals surface area (Å²) in [4.78, 5) is 26.0. The molecule has 30 heavy (non-hydrogen) atoms. The van der Waals surface area contributed by atoms with Crippen molar-refractivity contribution in [3.63, 3.8) is 0 Å². The van der Waals surface area contributed by atoms with Gasteiger partial charge in [0, 0.05) is 56.8 Å². The third kappa shape index (κ3) is 5.15. The van der Waals surface area contributed by atoms with Gasteiger partial charge in [0.15, 0.2) is 0 Å². The van der Waals surface area contributed by atoms with Crippen LogP contribution in [0.15, 0.2) is 60.8 Å². The monoisotopic (exact) mass is 402 g/mol. The van der Waals surface area contributed by atoms with Gasteiger partial charge >= 0.3 is 0 Å². The van der Waals surface area contributed by atoms with Gasteiger partial charge in [0.25, 0.3) is 0 Å². The second kappa shape index (κ2) is 9.70. The Morgan fingerprint density at radius 1 is 1.13 bits per heavy atom. The van der Waals surface area contributed by atoms with Crippen LogP contribution in [0, 0.1) is 5.92 Å². The van der Waals surface area contributed by atoms with Crippen molar-refractivity contribution in [2.75, 3.05) is 31.6 Å². The van der Waals surface area contributed by atoms with E-state index in [4.69, 9.17) is 4.98 Å². The van der Waals surface area contributed by atoms with E-state index in [1.807, 2.05) is 42.3 Å². The molecule has 156 valence electrons. The minimum Gasteiger partial charge on any atom is -0.356 e. The molecular weight excluding hydrogens is 372 g/mol. The first-order valence-electron chi connectivity index (χ1n) is 10.9. The van der Waals surface area contributed by atoms with E-state index in [9.17, 15) is 4.79 Å². The van der Waals surface area contributed by atoms with Gasteiger partial charge in [-0.3, -0.25) is 9.78 Å². The quantitative estimate of drug-likeness (QED) is 0.590. The van der Waals surface area contributed by atoms with Crippen LogP contribution in [0.1, 0.15) is 31.4 Å². The first kappa shape index (κ1) is 20.3. The van der Waals surface area contributed by atoms with Crippen LogP contribution in [0.3, 0.4) is 0 Å². The Balaban J connectivity index is 1.27. The zero-order valence-corrected chi connectivity index (χ0v) is 17.7. The Hall–Kier alpha value is -2.95. The van der Waals surface area contributed by atoms with Crippen LogP contribution >= 0.6 is 0 Å². The number of benzene rings is 1. The topological polar surface area (TPSA) is 49.3 Å². The highest BCUT2D eigenvalue weighted by molar-refractivity contribution is 5.80. The lowest BCUT2D eigenvalue weighted by Gasteiger charge is -2.34. The van der Waals surface area contributed by atoms with E-state index in [2.05, 4.69) is 34.1 Å². The molecule has 0 N–H and O–H groups in total. The fourth-order valence-electron chi connectivity index (χ4n) is 4.21. The second-order valence-electron chi connectivity index (χ2n) is 8.24. The number of carbonyl (C=O) groups excluding carboxylic acids is 1. The lowest BCUT2D eigenvalue weighted by Crippen LogP contribution is -2.37. The molecule has 1 atom stereocenters. The number of likely N-dealkylation sites (N-methyl/N-ethyl adjacent to an activating group) is 1. The van der Waals surface area contributed by atoms with Gasteiger partial charge in [0.05, 0.1) is 5.52 Å². The fraction of sp³-hybridized carbons (Fsp3) is 0.400. The van der Waals surface area contributed by atoms with Crippen LogP contribution in [0.4, 0.5) is 5.82 Å². The third-order valence-electron chi connectivity index (χ3n) is 6.05. The molecule has 0 spiro atoms. The summed E-state index contributed by atoms with van der Waals surface area (Å²) >= 11 is 0. The van der Waals surface area contributed by atoms with Crippen LogP contribution < -0.4 is 4.90 Å². The average molecular weight is 403 g/mol. The van der Waals surface area contributed by atoms with Gasteiger partial charge in [0.1, 0.15) is 5.82 Å². The van der Waals surface area contributed by atoms with Gasteiger partial charge in [-0.15, -0.1) is 0 Å². The molecule has 1 saturated heterocycles. The summed E-state index contributed by atoms with van der Waals surface area (Å²) < 4.78 is 0. The van der Waals surface area contributed by atoms with Crippen LogP contribution in [0.2, 0.25) is 0 Å². The first-order chi connectivity index (χ1) is 14.7. The van der Waals surface area contributed by atoms with Crippen LogP contribution in [0.25, 0.3) is 10.9 Å². The number of nitrogens with zero attached hydrogens (tertiary/aromatic N) is 4. The summed E-state index contributed by atoms with van der Waals surface area (Å²) in [7, 11) is 1.90. The molecule has 0 aliphatic carbocycles. The molecule has 1 unspecified atom stereocenters. The Kier molecular flexibility index (Phi) is 6.57. The van der Waals surface area contributed by atoms with E-state index in [1.54, 1.807) is 6.20 Å². The van der Waals surface area contributed by atoms with Gasteiger partial charge < -0.3 is 9.80 Å². The molecule has 1 amide bonds. The van der Waals surface area contributed by atoms with Crippen molar-refractivity contribution in [2.24, 2.45) is 5.92 Å². The minimum absolute atomic E-state index is 0.229. The minimum atomic E-state index is 0.229. The zero-order chi connectivity index (χ0) is 20.8. The van der Waals surface area contributed by atoms with Crippen molar-refractivity contribution in [3.8, 4) is 0 Å². The summed E-state index contributed by atoms with van der Waals surface area (Å²) in [6.07, 6.45) is 6.50. The van der Waals surface area contributed by atoms with E-state index in [-0.39, 0.29) is 5.91 Å². The number of aromatic nitrogens is 2. The van der Waals surface area contributed by atoms with Gasteiger partial charge in [-0.2, -0.15) is 0 Å². The van der Waals surface area contributed by atoms with Gasteiger partial charge in [-0.05, 0) is 55.5 Å². The lowest BCUT2D eigenvalue weighted by molar-refractivity contribution is -0.130. The molecule has 1 aliphatic heterocycles. The molecule has 1 aromatic carbocycles. The molecule has 5 nitrogen and oxygen atoms in total. The number of carbonyl (C=O) groups is 1. The van der Waals surface area contributed by atoms with E-state index < -0.39 is 0 Å². The average Bonchev–Trinajstić information content (AvgIpc) is 2.81. The lowest BCUT2D eigenvalue weighted by atomic mass is 9.93. The maximum atomic E-state index is 12.6. The van der Waals surface area contributed by atoms with E-state index in [0.717, 1.165) is 49.4 Å². The molecular formula is C25H30N4O. The smallest absolute Gasteiger partial charge is 0.222 e. The standard InChI is InChI=1S/C25H30N4O/c1-28(18-15-22-9-4-5-16-26-22)25(30)14-11-20-7-6-17-29(19-20)24-13-12-21-8-2-3-10-23(21)27-24/h2-5,8-10,12-13,16,20H,6-7,11,14-15,17-19H2,1H3. The van der Waals surface area contributed by atoms with E-state index >= 15 is 0 Å². The molecule has 0 radical (unpaired) electrons. The molecule has 1 aliphatic rings. The molecule has 4 rings (SSSR count). The molecule has 3 aromatic rings. The number of para-hydroxylation sites is 1. The Bertz CT molecular complexity index is 975. The normalized spacial score (nSPS) is 16.6. The number of anilines is 1. The predicted molar refractivity (Wildman–Crippen MR) is 121 cm³/mol. The molecule has 1 fully saturated rings. The highest BCUT2D eigenvalue weighted by atomic mass is 16.2. The summed E-state index contributed by atoms with van der Waals surface area (Å²) in [5.41, 5.74) is 2.07. The maximum absolute atomic E-state index is 12.6. The molecule has 2 aromatic heterocycles. The second-order valence-corrected chi connectivity index (χ2v) is 8.24. The first-order valence-corrected chi connectivity index (χ1v) is 10.9. The fourth-order valence-corrected chi connectivity index (χ4v) is 4.21. The van der Waals surface area contributed by atoms with Crippen LogP contribution in [-0.4, -0.2) is 47.5 Å². The summed E-state index contributed by atoms with van der Waals surface area (Å²) in [6, 6.07) is 18.4. The summed E-state index contributed by atoms with van der Waals surface area (Å²) in [5.74, 6) is 1.82. The zero-order valence-electron chi connectivity index (χ0n) is 17.7. The van der Waals surface area contributed by atoms with Crippen molar-refractivity contribution in [3.05, 3.63) is 66.5 Å². The predicted octanol–water partition coefficient (Wildman–Crippen LogP) is 4.33. The number of fused-ring (bicyclic) bond motifs is 1. The Labute approximate surface area is 178 Å². The molecule has 5 heteroatoms. The Morgan fingerprint density at radius 3 is 2.87 bits per heavy atom. The van der Waals surface area contributed by atoms with Crippen molar-refractivity contribution in [2.45, 2.75) is 32.1 Å². The largest absolute Gasteiger partial charge is 0.356 e. The Morgan fingerprint density at radius 2 is 2.00 bits per heavy atom. The van der Waals surface area contributed by atoms with E-state index in [0.29, 0.717) is 18.9 Å². The SMILES string of the molecule is CN(CCc1ccccn1)C(=O)CCC1CCCN(c2ccc3ccccc3n2)C1. The van der Waals surface area contributed by atoms with Gasteiger partial charge in [0.2, 0.25) is 5.91 Å². The highest BCUT2D eigenvalue weighted by Crippen LogP contribution is 2.26. The number of hydrogen-bond acceptors (Lipinski definition) is 4. The third-order valence-corrected chi connectivity index (χ3v) is 6.05. The number of pyridine rings is 2. The van der Waals surface area contributed by atoms with E-state index in [1.165, 1.54) is 11.8 Å². The number of piperidine rings is 1. The van der Waals surface area contributed by atoms with Crippen molar-refractivity contribution < 1.29 is 4.79 Å². The van der Waals surface area contributed by atoms with Gasteiger partial charge in [-0.25, -0.2) is 4.98 Å². The van der Waals surface area contributed by atoms with Crippen molar-refractivity contribution in [1.82, 2.24) is 14.9 Å². The molecule has 0 saturated carbocycles. The summed E-state index contributed by atoms with van der Waals surface area (Å²) in [6.45, 7) is 2.74. The number of rotatable bonds is 7. The van der Waals surface area contributed by atoms with Crippen LogP contribution in [0.5, 0.6) is 0 Å². The highest BCUT2D eigenvalue weighted by Gasteiger charge is 2.22. The molecule has 3 heterocycles.